The lowest BCUT2D eigenvalue weighted by atomic mass is 9.89. The molecular formula is C14H15NO3S. The number of carboxylic acid groups (broad SMARTS) is 1. The van der Waals surface area contributed by atoms with E-state index in [2.05, 4.69) is 23.5 Å². The number of carbonyl (C=O) groups is 2. The zero-order chi connectivity index (χ0) is 13.7. The summed E-state index contributed by atoms with van der Waals surface area (Å²) in [5, 5.41) is 11.0. The largest absolute Gasteiger partial charge is 0.478 e. The van der Waals surface area contributed by atoms with Crippen LogP contribution in [0.5, 0.6) is 0 Å². The predicted octanol–water partition coefficient (Wildman–Crippen LogP) is 1.63. The Kier molecular flexibility index (Phi) is 4.63. The molecule has 0 saturated carbocycles. The van der Waals surface area contributed by atoms with Crippen LogP contribution in [0.2, 0.25) is 0 Å². The number of aryl methyl sites for hydroxylation is 2. The third-order valence-electron chi connectivity index (χ3n) is 2.89. The molecule has 0 fully saturated rings. The smallest absolute Gasteiger partial charge is 0.328 e. The zero-order valence-corrected chi connectivity index (χ0v) is 11.2. The van der Waals surface area contributed by atoms with Crippen LogP contribution in [0, 0.1) is 0 Å². The van der Waals surface area contributed by atoms with Gasteiger partial charge in [0.1, 0.15) is 0 Å². The fourth-order valence-corrected chi connectivity index (χ4v) is 2.64. The van der Waals surface area contributed by atoms with Crippen molar-refractivity contribution in [3.8, 4) is 0 Å². The average Bonchev–Trinajstić information content (AvgIpc) is 2.35. The van der Waals surface area contributed by atoms with Crippen LogP contribution in [0.15, 0.2) is 35.2 Å². The Morgan fingerprint density at radius 2 is 2.05 bits per heavy atom. The third kappa shape index (κ3) is 4.13. The fourth-order valence-electron chi connectivity index (χ4n) is 1.81. The van der Waals surface area contributed by atoms with Gasteiger partial charge in [0.25, 0.3) is 0 Å². The minimum Gasteiger partial charge on any atom is -0.478 e. The SMILES string of the molecule is O=C(O)/C=C\C(=O)NCCSc1ccc2c(c1)CC2. The molecule has 0 heterocycles. The molecule has 0 bridgehead atoms. The van der Waals surface area contributed by atoms with Crippen molar-refractivity contribution in [1.29, 1.82) is 0 Å². The molecule has 0 radical (unpaired) electrons. The Bertz CT molecular complexity index is 525. The van der Waals surface area contributed by atoms with Gasteiger partial charge in [-0.05, 0) is 36.1 Å². The maximum Gasteiger partial charge on any atom is 0.328 e. The molecule has 5 heteroatoms. The monoisotopic (exact) mass is 277 g/mol. The Balaban J connectivity index is 1.67. The summed E-state index contributed by atoms with van der Waals surface area (Å²) < 4.78 is 0. The minimum atomic E-state index is -1.12. The van der Waals surface area contributed by atoms with Crippen LogP contribution >= 0.6 is 11.8 Å². The number of carbonyl (C=O) groups excluding carboxylic acids is 1. The van der Waals surface area contributed by atoms with Crippen molar-refractivity contribution in [2.24, 2.45) is 0 Å². The lowest BCUT2D eigenvalue weighted by Crippen LogP contribution is -2.23. The first-order chi connectivity index (χ1) is 9.15. The summed E-state index contributed by atoms with van der Waals surface area (Å²) >= 11 is 1.69. The van der Waals surface area contributed by atoms with E-state index in [-0.39, 0.29) is 5.91 Å². The molecule has 0 saturated heterocycles. The zero-order valence-electron chi connectivity index (χ0n) is 10.4. The first-order valence-electron chi connectivity index (χ1n) is 6.08. The molecule has 1 aromatic carbocycles. The number of aliphatic carboxylic acids is 1. The van der Waals surface area contributed by atoms with Gasteiger partial charge in [0.05, 0.1) is 0 Å². The number of thioether (sulfide) groups is 1. The second-order valence-electron chi connectivity index (χ2n) is 4.24. The number of hydrogen-bond donors (Lipinski definition) is 2. The molecule has 0 aromatic heterocycles. The van der Waals surface area contributed by atoms with E-state index in [0.717, 1.165) is 17.9 Å². The number of fused-ring (bicyclic) bond motifs is 1. The van der Waals surface area contributed by atoms with Gasteiger partial charge in [0, 0.05) is 29.3 Å². The third-order valence-corrected chi connectivity index (χ3v) is 3.88. The van der Waals surface area contributed by atoms with E-state index in [1.807, 2.05) is 0 Å². The van der Waals surface area contributed by atoms with Crippen molar-refractivity contribution in [2.75, 3.05) is 12.3 Å². The summed E-state index contributed by atoms with van der Waals surface area (Å²) in [6.45, 7) is 0.518. The molecule has 0 atom stereocenters. The van der Waals surface area contributed by atoms with Gasteiger partial charge in [-0.2, -0.15) is 0 Å². The van der Waals surface area contributed by atoms with Gasteiger partial charge in [0.2, 0.25) is 5.91 Å². The summed E-state index contributed by atoms with van der Waals surface area (Å²) in [5.41, 5.74) is 2.87. The fraction of sp³-hybridized carbons (Fsp3) is 0.286. The van der Waals surface area contributed by atoms with Gasteiger partial charge in [0.15, 0.2) is 0 Å². The molecule has 0 aliphatic heterocycles. The maximum absolute atomic E-state index is 11.2. The Morgan fingerprint density at radius 1 is 1.26 bits per heavy atom. The first kappa shape index (κ1) is 13.7. The minimum absolute atomic E-state index is 0.375. The normalized spacial score (nSPS) is 12.8. The summed E-state index contributed by atoms with van der Waals surface area (Å²) in [6.07, 6.45) is 4.21. The van der Waals surface area contributed by atoms with Crippen LogP contribution in [0.1, 0.15) is 11.1 Å². The molecule has 2 rings (SSSR count). The van der Waals surface area contributed by atoms with Gasteiger partial charge in [-0.1, -0.05) is 6.07 Å². The molecule has 1 aromatic rings. The van der Waals surface area contributed by atoms with Crippen molar-refractivity contribution < 1.29 is 14.7 Å². The number of amides is 1. The molecule has 0 spiro atoms. The Hall–Kier alpha value is -1.75. The van der Waals surface area contributed by atoms with Gasteiger partial charge in [-0.3, -0.25) is 4.79 Å². The summed E-state index contributed by atoms with van der Waals surface area (Å²) in [5.74, 6) is -0.724. The lowest BCUT2D eigenvalue weighted by molar-refractivity contribution is -0.131. The van der Waals surface area contributed by atoms with E-state index in [1.54, 1.807) is 11.8 Å². The van der Waals surface area contributed by atoms with Crippen molar-refractivity contribution in [2.45, 2.75) is 17.7 Å². The summed E-state index contributed by atoms with van der Waals surface area (Å²) in [7, 11) is 0. The van der Waals surface area contributed by atoms with Gasteiger partial charge >= 0.3 is 5.97 Å². The molecule has 1 aliphatic carbocycles. The van der Waals surface area contributed by atoms with E-state index in [1.165, 1.54) is 28.9 Å². The van der Waals surface area contributed by atoms with E-state index in [9.17, 15) is 9.59 Å². The van der Waals surface area contributed by atoms with Crippen LogP contribution in [0.3, 0.4) is 0 Å². The Labute approximate surface area is 115 Å². The lowest BCUT2D eigenvalue weighted by Gasteiger charge is -2.19. The van der Waals surface area contributed by atoms with Gasteiger partial charge in [-0.15, -0.1) is 11.8 Å². The van der Waals surface area contributed by atoms with Crippen molar-refractivity contribution in [1.82, 2.24) is 5.32 Å². The maximum atomic E-state index is 11.2. The summed E-state index contributed by atoms with van der Waals surface area (Å²) in [6, 6.07) is 6.47. The van der Waals surface area contributed by atoms with Crippen molar-refractivity contribution in [3.05, 3.63) is 41.5 Å². The highest BCUT2D eigenvalue weighted by atomic mass is 32.2. The van der Waals surface area contributed by atoms with Crippen molar-refractivity contribution >= 4 is 23.6 Å². The van der Waals surface area contributed by atoms with Gasteiger partial charge < -0.3 is 10.4 Å². The Morgan fingerprint density at radius 3 is 2.68 bits per heavy atom. The van der Waals surface area contributed by atoms with Crippen LogP contribution < -0.4 is 5.32 Å². The number of benzene rings is 1. The number of rotatable bonds is 6. The second kappa shape index (κ2) is 6.43. The van der Waals surface area contributed by atoms with Crippen LogP contribution in [0.4, 0.5) is 0 Å². The van der Waals surface area contributed by atoms with E-state index in [0.29, 0.717) is 6.54 Å². The number of nitrogens with one attached hydrogen (secondary N) is 1. The van der Waals surface area contributed by atoms with Crippen LogP contribution in [-0.4, -0.2) is 29.3 Å². The predicted molar refractivity (Wildman–Crippen MR) is 74.4 cm³/mol. The molecule has 1 amide bonds. The standard InChI is InChI=1S/C14H15NO3S/c16-13(5-6-14(17)18)15-7-8-19-12-4-3-10-1-2-11(10)9-12/h3-6,9H,1-2,7-8H2,(H,15,16)(H,17,18)/b6-5-. The number of hydrogen-bond acceptors (Lipinski definition) is 3. The molecule has 19 heavy (non-hydrogen) atoms. The highest BCUT2D eigenvalue weighted by Gasteiger charge is 2.12. The quantitative estimate of drug-likeness (QED) is 0.471. The molecule has 4 nitrogen and oxygen atoms in total. The first-order valence-corrected chi connectivity index (χ1v) is 7.07. The molecule has 2 N–H and O–H groups in total. The van der Waals surface area contributed by atoms with E-state index in [4.69, 9.17) is 5.11 Å². The summed E-state index contributed by atoms with van der Waals surface area (Å²) in [4.78, 5) is 22.6. The molecule has 0 unspecified atom stereocenters. The van der Waals surface area contributed by atoms with Crippen LogP contribution in [-0.2, 0) is 22.4 Å². The molecule has 100 valence electrons. The van der Waals surface area contributed by atoms with E-state index < -0.39 is 5.97 Å². The number of carboxylic acids is 1. The van der Waals surface area contributed by atoms with Crippen LogP contribution in [0.25, 0.3) is 0 Å². The molecular weight excluding hydrogens is 262 g/mol. The topological polar surface area (TPSA) is 66.4 Å². The highest BCUT2D eigenvalue weighted by molar-refractivity contribution is 7.99. The van der Waals surface area contributed by atoms with Crippen molar-refractivity contribution in [3.63, 3.8) is 0 Å². The molecule has 1 aliphatic rings. The van der Waals surface area contributed by atoms with Gasteiger partial charge in [-0.25, -0.2) is 4.79 Å². The average molecular weight is 277 g/mol. The van der Waals surface area contributed by atoms with E-state index >= 15 is 0 Å². The highest BCUT2D eigenvalue weighted by Crippen LogP contribution is 2.28. The second-order valence-corrected chi connectivity index (χ2v) is 5.41.